The zero-order valence-corrected chi connectivity index (χ0v) is 10.7. The molecule has 0 saturated heterocycles. The number of Topliss-reactive ketones (excluding diaryl/α,β-unsaturated/α-hetero) is 1. The molecule has 0 aliphatic heterocycles. The molecule has 0 amide bonds. The summed E-state index contributed by atoms with van der Waals surface area (Å²) < 4.78 is 0. The van der Waals surface area contributed by atoms with Crippen molar-refractivity contribution in [3.8, 4) is 0 Å². The maximum atomic E-state index is 11.9. The van der Waals surface area contributed by atoms with E-state index in [2.05, 4.69) is 26.1 Å². The van der Waals surface area contributed by atoms with Gasteiger partial charge in [-0.1, -0.05) is 27.7 Å². The second-order valence-corrected chi connectivity index (χ2v) is 5.72. The first kappa shape index (κ1) is 13.6. The van der Waals surface area contributed by atoms with Crippen LogP contribution in [0, 0.1) is 5.41 Å². The van der Waals surface area contributed by atoms with Gasteiger partial charge in [0.05, 0.1) is 6.04 Å². The molecule has 0 heterocycles. The lowest BCUT2D eigenvalue weighted by Crippen LogP contribution is -2.50. The second-order valence-electron chi connectivity index (χ2n) is 5.72. The standard InChI is InChI=1S/C12H25NO/c1-8-12(6,7)13-9(2)10(14)11(3,4)5/h9,13H,8H2,1-7H3/t9-/m0/s1. The zero-order chi connectivity index (χ0) is 11.6. The Morgan fingerprint density at radius 1 is 1.21 bits per heavy atom. The second kappa shape index (κ2) is 4.43. The molecule has 0 aromatic carbocycles. The van der Waals surface area contributed by atoms with Crippen LogP contribution in [-0.4, -0.2) is 17.4 Å². The molecule has 1 atom stereocenters. The summed E-state index contributed by atoms with van der Waals surface area (Å²) in [5.41, 5.74) is -0.212. The van der Waals surface area contributed by atoms with E-state index < -0.39 is 0 Å². The summed E-state index contributed by atoms with van der Waals surface area (Å²) in [6.07, 6.45) is 1.02. The van der Waals surface area contributed by atoms with Crippen molar-refractivity contribution < 1.29 is 4.79 Å². The van der Waals surface area contributed by atoms with Crippen molar-refractivity contribution >= 4 is 5.78 Å². The smallest absolute Gasteiger partial charge is 0.154 e. The minimum absolute atomic E-state index is 0.0420. The molecule has 0 aliphatic carbocycles. The van der Waals surface area contributed by atoms with Gasteiger partial charge in [-0.15, -0.1) is 0 Å². The van der Waals surface area contributed by atoms with Crippen LogP contribution in [0.4, 0.5) is 0 Å². The first-order chi connectivity index (χ1) is 6.10. The van der Waals surface area contributed by atoms with Crippen molar-refractivity contribution in [3.63, 3.8) is 0 Å². The number of ketones is 1. The van der Waals surface area contributed by atoms with Crippen molar-refractivity contribution in [3.05, 3.63) is 0 Å². The maximum absolute atomic E-state index is 11.9. The van der Waals surface area contributed by atoms with Gasteiger partial charge in [-0.3, -0.25) is 4.79 Å². The summed E-state index contributed by atoms with van der Waals surface area (Å²) in [5, 5.41) is 3.36. The molecular formula is C12H25NO. The highest BCUT2D eigenvalue weighted by Crippen LogP contribution is 2.18. The van der Waals surface area contributed by atoms with Crippen LogP contribution in [0.2, 0.25) is 0 Å². The Kier molecular flexibility index (Phi) is 4.32. The third-order valence-corrected chi connectivity index (χ3v) is 2.62. The summed E-state index contributed by atoms with van der Waals surface area (Å²) in [4.78, 5) is 11.9. The van der Waals surface area contributed by atoms with Crippen molar-refractivity contribution in [1.29, 1.82) is 0 Å². The van der Waals surface area contributed by atoms with Crippen LogP contribution >= 0.6 is 0 Å². The lowest BCUT2D eigenvalue weighted by atomic mass is 9.86. The molecular weight excluding hydrogens is 174 g/mol. The molecule has 0 unspecified atom stereocenters. The molecule has 0 aromatic rings. The van der Waals surface area contributed by atoms with Gasteiger partial charge in [0.25, 0.3) is 0 Å². The van der Waals surface area contributed by atoms with E-state index in [1.54, 1.807) is 0 Å². The van der Waals surface area contributed by atoms with Gasteiger partial charge in [-0.05, 0) is 27.2 Å². The predicted molar refractivity (Wildman–Crippen MR) is 61.4 cm³/mol. The summed E-state index contributed by atoms with van der Waals surface area (Å²) in [5.74, 6) is 0.277. The van der Waals surface area contributed by atoms with E-state index in [0.29, 0.717) is 0 Å². The highest BCUT2D eigenvalue weighted by Gasteiger charge is 2.29. The van der Waals surface area contributed by atoms with Gasteiger partial charge in [0.15, 0.2) is 5.78 Å². The van der Waals surface area contributed by atoms with Gasteiger partial charge >= 0.3 is 0 Å². The average molecular weight is 199 g/mol. The van der Waals surface area contributed by atoms with E-state index in [-0.39, 0.29) is 22.8 Å². The molecule has 2 nitrogen and oxygen atoms in total. The number of carbonyl (C=O) groups is 1. The maximum Gasteiger partial charge on any atom is 0.154 e. The molecule has 2 heteroatoms. The summed E-state index contributed by atoms with van der Waals surface area (Å²) in [6, 6.07) is -0.0649. The Labute approximate surface area is 88.5 Å². The Bertz CT molecular complexity index is 201. The van der Waals surface area contributed by atoms with E-state index in [9.17, 15) is 4.79 Å². The highest BCUT2D eigenvalue weighted by atomic mass is 16.1. The SMILES string of the molecule is CCC(C)(C)N[C@@H](C)C(=O)C(C)(C)C. The zero-order valence-electron chi connectivity index (χ0n) is 10.7. The van der Waals surface area contributed by atoms with E-state index in [0.717, 1.165) is 6.42 Å². The van der Waals surface area contributed by atoms with Crippen molar-refractivity contribution in [2.75, 3.05) is 0 Å². The fourth-order valence-corrected chi connectivity index (χ4v) is 1.40. The molecule has 0 rings (SSSR count). The first-order valence-corrected chi connectivity index (χ1v) is 5.42. The fraction of sp³-hybridized carbons (Fsp3) is 0.917. The van der Waals surface area contributed by atoms with Crippen LogP contribution in [-0.2, 0) is 4.79 Å². The van der Waals surface area contributed by atoms with Gasteiger partial charge in [0.2, 0.25) is 0 Å². The summed E-state index contributed by atoms with van der Waals surface area (Å²) in [7, 11) is 0. The largest absolute Gasteiger partial charge is 0.303 e. The molecule has 0 aliphatic rings. The Morgan fingerprint density at radius 2 is 1.64 bits per heavy atom. The number of nitrogens with one attached hydrogen (secondary N) is 1. The van der Waals surface area contributed by atoms with Crippen molar-refractivity contribution in [2.45, 2.75) is 66.5 Å². The summed E-state index contributed by atoms with van der Waals surface area (Å²) >= 11 is 0. The van der Waals surface area contributed by atoms with E-state index >= 15 is 0 Å². The predicted octanol–water partition coefficient (Wildman–Crippen LogP) is 2.77. The molecule has 0 aromatic heterocycles. The van der Waals surface area contributed by atoms with Gasteiger partial charge in [-0.2, -0.15) is 0 Å². The van der Waals surface area contributed by atoms with Crippen LogP contribution in [0.5, 0.6) is 0 Å². The van der Waals surface area contributed by atoms with Gasteiger partial charge in [0.1, 0.15) is 0 Å². The van der Waals surface area contributed by atoms with Crippen LogP contribution in [0.25, 0.3) is 0 Å². The Balaban J connectivity index is 4.37. The molecule has 0 radical (unpaired) electrons. The fourth-order valence-electron chi connectivity index (χ4n) is 1.40. The number of hydrogen-bond acceptors (Lipinski definition) is 2. The molecule has 0 fully saturated rings. The first-order valence-electron chi connectivity index (χ1n) is 5.42. The quantitative estimate of drug-likeness (QED) is 0.754. The average Bonchev–Trinajstić information content (AvgIpc) is 2.00. The number of hydrogen-bond donors (Lipinski definition) is 1. The van der Waals surface area contributed by atoms with Crippen LogP contribution in [0.3, 0.4) is 0 Å². The third kappa shape index (κ3) is 4.23. The normalized spacial score (nSPS) is 15.4. The van der Waals surface area contributed by atoms with Gasteiger partial charge < -0.3 is 5.32 Å². The monoisotopic (exact) mass is 199 g/mol. The minimum atomic E-state index is -0.254. The van der Waals surface area contributed by atoms with Gasteiger partial charge in [0, 0.05) is 11.0 Å². The van der Waals surface area contributed by atoms with Gasteiger partial charge in [-0.25, -0.2) is 0 Å². The molecule has 1 N–H and O–H groups in total. The molecule has 0 bridgehead atoms. The van der Waals surface area contributed by atoms with Crippen LogP contribution in [0.15, 0.2) is 0 Å². The topological polar surface area (TPSA) is 29.1 Å². The van der Waals surface area contributed by atoms with Crippen molar-refractivity contribution in [2.24, 2.45) is 5.41 Å². The lowest BCUT2D eigenvalue weighted by molar-refractivity contribution is -0.128. The number of rotatable bonds is 4. The van der Waals surface area contributed by atoms with Crippen LogP contribution in [0.1, 0.15) is 54.9 Å². The Morgan fingerprint density at radius 3 is 1.93 bits per heavy atom. The summed E-state index contributed by atoms with van der Waals surface area (Å²) in [6.45, 7) is 14.2. The number of carbonyl (C=O) groups excluding carboxylic acids is 1. The van der Waals surface area contributed by atoms with E-state index in [4.69, 9.17) is 0 Å². The highest BCUT2D eigenvalue weighted by molar-refractivity contribution is 5.88. The minimum Gasteiger partial charge on any atom is -0.303 e. The molecule has 84 valence electrons. The Hall–Kier alpha value is -0.370. The molecule has 14 heavy (non-hydrogen) atoms. The van der Waals surface area contributed by atoms with E-state index in [1.165, 1.54) is 0 Å². The third-order valence-electron chi connectivity index (χ3n) is 2.62. The van der Waals surface area contributed by atoms with E-state index in [1.807, 2.05) is 27.7 Å². The lowest BCUT2D eigenvalue weighted by Gasteiger charge is -2.31. The molecule has 0 saturated carbocycles. The molecule has 0 spiro atoms. The van der Waals surface area contributed by atoms with Crippen molar-refractivity contribution in [1.82, 2.24) is 5.32 Å². The van der Waals surface area contributed by atoms with Crippen LogP contribution < -0.4 is 5.32 Å².